The van der Waals surface area contributed by atoms with E-state index in [0.29, 0.717) is 25.3 Å². The predicted octanol–water partition coefficient (Wildman–Crippen LogP) is 0.561. The van der Waals surface area contributed by atoms with E-state index < -0.39 is 4.92 Å². The quantitative estimate of drug-likeness (QED) is 0.568. The monoisotopic (exact) mass is 209 g/mol. The molecule has 80 valence electrons. The van der Waals surface area contributed by atoms with Crippen molar-refractivity contribution in [2.45, 2.75) is 12.5 Å². The number of anilines is 1. The summed E-state index contributed by atoms with van der Waals surface area (Å²) >= 11 is 0. The zero-order chi connectivity index (χ0) is 10.8. The molecule has 1 aromatic rings. The molecule has 1 aromatic heterocycles. The minimum atomic E-state index is -0.447. The molecule has 1 unspecified atom stereocenters. The first kappa shape index (κ1) is 9.85. The van der Waals surface area contributed by atoms with Gasteiger partial charge in [-0.2, -0.15) is 0 Å². The second kappa shape index (κ2) is 3.82. The Bertz CT molecular complexity index is 383. The lowest BCUT2D eigenvalue weighted by atomic mass is 10.3. The van der Waals surface area contributed by atoms with Crippen molar-refractivity contribution in [1.29, 1.82) is 0 Å². The molecule has 0 spiro atoms. The van der Waals surface area contributed by atoms with Crippen LogP contribution in [0.2, 0.25) is 0 Å². The van der Waals surface area contributed by atoms with Gasteiger partial charge in [0.1, 0.15) is 5.82 Å². The highest BCUT2D eigenvalue weighted by Gasteiger charge is 2.22. The van der Waals surface area contributed by atoms with Crippen LogP contribution in [0.25, 0.3) is 0 Å². The second-order valence-corrected chi connectivity index (χ2v) is 3.52. The molecule has 1 fully saturated rings. The van der Waals surface area contributed by atoms with Crippen LogP contribution in [-0.4, -0.2) is 34.2 Å². The fourth-order valence-corrected chi connectivity index (χ4v) is 1.64. The molecule has 0 aromatic carbocycles. The van der Waals surface area contributed by atoms with Crippen molar-refractivity contribution < 1.29 is 10.0 Å². The van der Waals surface area contributed by atoms with Gasteiger partial charge in [-0.15, -0.1) is 0 Å². The first-order valence-corrected chi connectivity index (χ1v) is 4.70. The Morgan fingerprint density at radius 2 is 2.47 bits per heavy atom. The first-order valence-electron chi connectivity index (χ1n) is 4.70. The molecule has 1 saturated heterocycles. The summed E-state index contributed by atoms with van der Waals surface area (Å²) in [6.07, 6.45) is 1.74. The van der Waals surface area contributed by atoms with Crippen molar-refractivity contribution in [3.05, 3.63) is 28.4 Å². The van der Waals surface area contributed by atoms with Gasteiger partial charge in [-0.05, 0) is 6.42 Å². The number of aliphatic hydroxyl groups excluding tert-OH is 1. The third-order valence-corrected chi connectivity index (χ3v) is 2.43. The molecule has 15 heavy (non-hydrogen) atoms. The fourth-order valence-electron chi connectivity index (χ4n) is 1.64. The number of hydrogen-bond donors (Lipinski definition) is 1. The van der Waals surface area contributed by atoms with Crippen molar-refractivity contribution in [3.8, 4) is 0 Å². The van der Waals surface area contributed by atoms with Gasteiger partial charge in [-0.25, -0.2) is 4.98 Å². The van der Waals surface area contributed by atoms with E-state index in [1.54, 1.807) is 0 Å². The Kier molecular flexibility index (Phi) is 2.51. The molecule has 0 bridgehead atoms. The van der Waals surface area contributed by atoms with Crippen molar-refractivity contribution >= 4 is 11.5 Å². The molecular formula is C9H11N3O3. The van der Waals surface area contributed by atoms with Gasteiger partial charge in [0.05, 0.1) is 17.1 Å². The zero-order valence-corrected chi connectivity index (χ0v) is 8.04. The van der Waals surface area contributed by atoms with Crippen LogP contribution in [0.5, 0.6) is 0 Å². The van der Waals surface area contributed by atoms with Gasteiger partial charge in [0.15, 0.2) is 0 Å². The topological polar surface area (TPSA) is 79.5 Å². The Hall–Kier alpha value is -1.69. The van der Waals surface area contributed by atoms with Crippen molar-refractivity contribution in [1.82, 2.24) is 4.98 Å². The number of pyridine rings is 1. The lowest BCUT2D eigenvalue weighted by molar-refractivity contribution is -0.384. The van der Waals surface area contributed by atoms with E-state index in [1.165, 1.54) is 18.3 Å². The van der Waals surface area contributed by atoms with Gasteiger partial charge in [0.25, 0.3) is 5.69 Å². The molecule has 1 N–H and O–H groups in total. The van der Waals surface area contributed by atoms with Crippen LogP contribution in [0.1, 0.15) is 6.42 Å². The van der Waals surface area contributed by atoms with Crippen LogP contribution in [0.15, 0.2) is 18.3 Å². The van der Waals surface area contributed by atoms with Crippen LogP contribution in [0.4, 0.5) is 11.5 Å². The van der Waals surface area contributed by atoms with Crippen LogP contribution in [0.3, 0.4) is 0 Å². The molecule has 2 rings (SSSR count). The number of hydrogen-bond acceptors (Lipinski definition) is 5. The maximum Gasteiger partial charge on any atom is 0.274 e. The standard InChI is InChI=1S/C9H11N3O3/c13-8-2-4-11(6-8)9-5-7(12(14)15)1-3-10-9/h1,3,5,8,13H,2,4,6H2. The van der Waals surface area contributed by atoms with Gasteiger partial charge >= 0.3 is 0 Å². The molecule has 1 aliphatic heterocycles. The Labute approximate surface area is 86.3 Å². The fraction of sp³-hybridized carbons (Fsp3) is 0.444. The lowest BCUT2D eigenvalue weighted by Gasteiger charge is -2.15. The highest BCUT2D eigenvalue weighted by Crippen LogP contribution is 2.21. The SMILES string of the molecule is O=[N+]([O-])c1ccnc(N2CCC(O)C2)c1. The number of aliphatic hydroxyl groups is 1. The predicted molar refractivity (Wildman–Crippen MR) is 53.7 cm³/mol. The van der Waals surface area contributed by atoms with Gasteiger partial charge < -0.3 is 10.0 Å². The number of nitrogens with zero attached hydrogens (tertiary/aromatic N) is 3. The van der Waals surface area contributed by atoms with Crippen molar-refractivity contribution in [2.75, 3.05) is 18.0 Å². The van der Waals surface area contributed by atoms with Crippen LogP contribution >= 0.6 is 0 Å². The molecule has 1 atom stereocenters. The highest BCUT2D eigenvalue weighted by molar-refractivity contribution is 5.47. The average Bonchev–Trinajstić information content (AvgIpc) is 2.65. The molecule has 6 nitrogen and oxygen atoms in total. The summed E-state index contributed by atoms with van der Waals surface area (Å²) in [5.41, 5.74) is 0.0291. The molecule has 0 aliphatic carbocycles. The van der Waals surface area contributed by atoms with Gasteiger partial charge in [-0.3, -0.25) is 10.1 Å². The Balaban J connectivity index is 2.21. The second-order valence-electron chi connectivity index (χ2n) is 3.52. The Morgan fingerprint density at radius 3 is 3.07 bits per heavy atom. The van der Waals surface area contributed by atoms with Gasteiger partial charge in [0, 0.05) is 25.4 Å². The average molecular weight is 209 g/mol. The maximum absolute atomic E-state index is 10.5. The normalized spacial score (nSPS) is 20.6. The number of β-amino-alcohol motifs (C(OH)–C–C–N with tert-alkyl or cyclic N) is 1. The summed E-state index contributed by atoms with van der Waals surface area (Å²) in [7, 11) is 0. The number of nitro groups is 1. The lowest BCUT2D eigenvalue weighted by Crippen LogP contribution is -2.22. The van der Waals surface area contributed by atoms with E-state index in [9.17, 15) is 15.2 Å². The van der Waals surface area contributed by atoms with E-state index in [4.69, 9.17) is 0 Å². The van der Waals surface area contributed by atoms with Gasteiger partial charge in [-0.1, -0.05) is 0 Å². The summed E-state index contributed by atoms with van der Waals surface area (Å²) in [6, 6.07) is 2.79. The van der Waals surface area contributed by atoms with E-state index >= 15 is 0 Å². The summed E-state index contributed by atoms with van der Waals surface area (Å²) in [5, 5.41) is 19.9. The number of rotatable bonds is 2. The summed E-state index contributed by atoms with van der Waals surface area (Å²) < 4.78 is 0. The minimum absolute atomic E-state index is 0.0291. The maximum atomic E-state index is 10.5. The van der Waals surface area contributed by atoms with E-state index in [-0.39, 0.29) is 11.8 Å². The highest BCUT2D eigenvalue weighted by atomic mass is 16.6. The van der Waals surface area contributed by atoms with E-state index in [2.05, 4.69) is 4.98 Å². The third-order valence-electron chi connectivity index (χ3n) is 2.43. The van der Waals surface area contributed by atoms with Crippen LogP contribution in [0, 0.1) is 10.1 Å². The summed E-state index contributed by atoms with van der Waals surface area (Å²) in [5.74, 6) is 0.556. The molecule has 6 heteroatoms. The molecular weight excluding hydrogens is 198 g/mol. The summed E-state index contributed by atoms with van der Waals surface area (Å²) in [6.45, 7) is 1.18. The third kappa shape index (κ3) is 2.04. The van der Waals surface area contributed by atoms with Gasteiger partial charge in [0.2, 0.25) is 0 Å². The van der Waals surface area contributed by atoms with Crippen LogP contribution in [-0.2, 0) is 0 Å². The van der Waals surface area contributed by atoms with Crippen LogP contribution < -0.4 is 4.90 Å². The smallest absolute Gasteiger partial charge is 0.274 e. The largest absolute Gasteiger partial charge is 0.391 e. The minimum Gasteiger partial charge on any atom is -0.391 e. The van der Waals surface area contributed by atoms with E-state index in [0.717, 1.165) is 0 Å². The molecule has 2 heterocycles. The summed E-state index contributed by atoms with van der Waals surface area (Å²) in [4.78, 5) is 16.0. The molecule has 0 saturated carbocycles. The van der Waals surface area contributed by atoms with Crippen molar-refractivity contribution in [2.24, 2.45) is 0 Å². The molecule has 1 aliphatic rings. The first-order chi connectivity index (χ1) is 7.16. The molecule has 0 radical (unpaired) electrons. The number of aromatic nitrogens is 1. The molecule has 0 amide bonds. The van der Waals surface area contributed by atoms with Crippen molar-refractivity contribution in [3.63, 3.8) is 0 Å². The Morgan fingerprint density at radius 1 is 1.67 bits per heavy atom. The van der Waals surface area contributed by atoms with E-state index in [1.807, 2.05) is 4.90 Å². The zero-order valence-electron chi connectivity index (χ0n) is 8.04.